The number of likely N-dealkylation sites (tertiary alicyclic amines) is 1. The molecule has 0 amide bonds. The smallest absolute Gasteiger partial charge is 0.328 e. The first-order valence-corrected chi connectivity index (χ1v) is 5.39. The largest absolute Gasteiger partial charge is 0.480 e. The lowest BCUT2D eigenvalue weighted by molar-refractivity contribution is -0.148. The number of hydrogen-bond donors (Lipinski definition) is 1. The van der Waals surface area contributed by atoms with Gasteiger partial charge >= 0.3 is 5.97 Å². The highest BCUT2D eigenvalue weighted by Gasteiger charge is 2.34. The molecule has 1 rings (SSSR count). The zero-order valence-electron chi connectivity index (χ0n) is 9.56. The lowest BCUT2D eigenvalue weighted by atomic mass is 9.90. The third kappa shape index (κ3) is 3.02. The Bertz CT molecular complexity index is 241. The van der Waals surface area contributed by atoms with Gasteiger partial charge in [0, 0.05) is 13.1 Å². The van der Waals surface area contributed by atoms with E-state index in [1.54, 1.807) is 4.90 Å². The molecule has 0 aliphatic carbocycles. The minimum atomic E-state index is -1.02. The van der Waals surface area contributed by atoms with E-state index in [2.05, 4.69) is 13.8 Å². The first kappa shape index (κ1) is 12.2. The summed E-state index contributed by atoms with van der Waals surface area (Å²) in [6.45, 7) is 6.97. The van der Waals surface area contributed by atoms with Crippen molar-refractivity contribution in [3.63, 3.8) is 0 Å². The van der Waals surface area contributed by atoms with E-state index in [1.807, 2.05) is 0 Å². The Morgan fingerprint density at radius 1 is 1.27 bits per heavy atom. The fraction of sp³-hybridized carbons (Fsp3) is 0.818. The van der Waals surface area contributed by atoms with Crippen LogP contribution in [0.3, 0.4) is 0 Å². The molecule has 3 atom stereocenters. The second-order valence-electron chi connectivity index (χ2n) is 4.75. The van der Waals surface area contributed by atoms with E-state index >= 15 is 0 Å². The second kappa shape index (κ2) is 4.75. The van der Waals surface area contributed by atoms with Gasteiger partial charge in [-0.15, -0.1) is 0 Å². The summed E-state index contributed by atoms with van der Waals surface area (Å²) in [6, 6.07) is -0.949. The number of carboxylic acid groups (broad SMARTS) is 1. The summed E-state index contributed by atoms with van der Waals surface area (Å²) in [5.41, 5.74) is 0. The molecule has 0 aromatic carbocycles. The van der Waals surface area contributed by atoms with Gasteiger partial charge < -0.3 is 5.11 Å². The molecule has 86 valence electrons. The van der Waals surface area contributed by atoms with Crippen LogP contribution < -0.4 is 0 Å². The Labute approximate surface area is 90.3 Å². The molecule has 15 heavy (non-hydrogen) atoms. The van der Waals surface area contributed by atoms with Crippen LogP contribution in [0.2, 0.25) is 0 Å². The minimum Gasteiger partial charge on any atom is -0.480 e. The third-order valence-electron chi connectivity index (χ3n) is 2.88. The molecular formula is C11H19NO3. The molecule has 4 heteroatoms. The minimum absolute atomic E-state index is 0.274. The van der Waals surface area contributed by atoms with Crippen molar-refractivity contribution >= 4 is 11.8 Å². The van der Waals surface area contributed by atoms with E-state index in [0.29, 0.717) is 24.9 Å². The average molecular weight is 213 g/mol. The standard InChI is InChI=1S/C11H19NO3/c1-7-4-8(2)6-12(5-7)10(9(3)13)11(14)15/h7-8,10H,4-6H2,1-3H3,(H,14,15). The van der Waals surface area contributed by atoms with Crippen LogP contribution in [0.5, 0.6) is 0 Å². The van der Waals surface area contributed by atoms with Gasteiger partial charge in [0.15, 0.2) is 11.8 Å². The van der Waals surface area contributed by atoms with Gasteiger partial charge in [0.2, 0.25) is 0 Å². The summed E-state index contributed by atoms with van der Waals surface area (Å²) < 4.78 is 0. The number of aliphatic carboxylic acids is 1. The maximum atomic E-state index is 11.3. The normalized spacial score (nSPS) is 29.8. The number of carbonyl (C=O) groups is 2. The molecular weight excluding hydrogens is 194 g/mol. The van der Waals surface area contributed by atoms with Gasteiger partial charge in [-0.25, -0.2) is 0 Å². The number of hydrogen-bond acceptors (Lipinski definition) is 3. The molecule has 1 aliphatic heterocycles. The average Bonchev–Trinajstić information content (AvgIpc) is 1.99. The molecule has 1 aliphatic rings. The molecule has 1 N–H and O–H groups in total. The van der Waals surface area contributed by atoms with Crippen molar-refractivity contribution in [2.75, 3.05) is 13.1 Å². The molecule has 0 spiro atoms. The number of Topliss-reactive ketones (excluding diaryl/α,β-unsaturated/α-hetero) is 1. The fourth-order valence-corrected chi connectivity index (χ4v) is 2.51. The van der Waals surface area contributed by atoms with Crippen LogP contribution in [0, 0.1) is 11.8 Å². The molecule has 1 heterocycles. The molecule has 4 nitrogen and oxygen atoms in total. The first-order chi connectivity index (χ1) is 6.91. The number of ketones is 1. The Morgan fingerprint density at radius 2 is 1.73 bits per heavy atom. The van der Waals surface area contributed by atoms with E-state index in [0.717, 1.165) is 6.42 Å². The highest BCUT2D eigenvalue weighted by molar-refractivity contribution is 6.01. The van der Waals surface area contributed by atoms with E-state index in [1.165, 1.54) is 6.92 Å². The van der Waals surface area contributed by atoms with Gasteiger partial charge in [-0.05, 0) is 25.2 Å². The van der Waals surface area contributed by atoms with Crippen LogP contribution in [0.1, 0.15) is 27.2 Å². The van der Waals surface area contributed by atoms with Crippen LogP contribution in [0.15, 0.2) is 0 Å². The topological polar surface area (TPSA) is 57.6 Å². The van der Waals surface area contributed by atoms with Crippen molar-refractivity contribution in [2.24, 2.45) is 11.8 Å². The van der Waals surface area contributed by atoms with Crippen LogP contribution in [0.4, 0.5) is 0 Å². The molecule has 3 unspecified atom stereocenters. The highest BCUT2D eigenvalue weighted by atomic mass is 16.4. The Hall–Kier alpha value is -0.900. The number of piperidine rings is 1. The highest BCUT2D eigenvalue weighted by Crippen LogP contribution is 2.22. The number of carbonyl (C=O) groups excluding carboxylic acids is 1. The second-order valence-corrected chi connectivity index (χ2v) is 4.75. The zero-order valence-corrected chi connectivity index (χ0v) is 9.56. The summed E-state index contributed by atoms with van der Waals surface area (Å²) in [4.78, 5) is 24.1. The summed E-state index contributed by atoms with van der Waals surface area (Å²) in [7, 11) is 0. The Balaban J connectivity index is 2.75. The van der Waals surface area contributed by atoms with Gasteiger partial charge in [-0.2, -0.15) is 0 Å². The monoisotopic (exact) mass is 213 g/mol. The summed E-state index contributed by atoms with van der Waals surface area (Å²) >= 11 is 0. The van der Waals surface area contributed by atoms with E-state index in [-0.39, 0.29) is 5.78 Å². The summed E-state index contributed by atoms with van der Waals surface area (Å²) in [6.07, 6.45) is 1.11. The lowest BCUT2D eigenvalue weighted by Crippen LogP contribution is -2.51. The van der Waals surface area contributed by atoms with Crippen molar-refractivity contribution in [1.29, 1.82) is 0 Å². The van der Waals surface area contributed by atoms with Gasteiger partial charge in [0.25, 0.3) is 0 Å². The molecule has 1 saturated heterocycles. The van der Waals surface area contributed by atoms with Gasteiger partial charge in [0.1, 0.15) is 0 Å². The van der Waals surface area contributed by atoms with E-state index in [4.69, 9.17) is 5.11 Å². The van der Waals surface area contributed by atoms with Crippen LogP contribution in [-0.2, 0) is 9.59 Å². The first-order valence-electron chi connectivity index (χ1n) is 5.39. The van der Waals surface area contributed by atoms with Crippen LogP contribution >= 0.6 is 0 Å². The van der Waals surface area contributed by atoms with Crippen molar-refractivity contribution in [3.8, 4) is 0 Å². The quantitative estimate of drug-likeness (QED) is 0.711. The number of nitrogens with zero attached hydrogens (tertiary/aromatic N) is 1. The molecule has 0 aromatic heterocycles. The summed E-state index contributed by atoms with van der Waals surface area (Å²) in [5.74, 6) is -0.363. The van der Waals surface area contributed by atoms with Crippen molar-refractivity contribution in [2.45, 2.75) is 33.2 Å². The predicted octanol–water partition coefficient (Wildman–Crippen LogP) is 1.01. The molecule has 0 aromatic rings. The molecule has 0 radical (unpaired) electrons. The maximum Gasteiger partial charge on any atom is 0.328 e. The number of carboxylic acids is 1. The van der Waals surface area contributed by atoms with E-state index < -0.39 is 12.0 Å². The molecule has 0 bridgehead atoms. The SMILES string of the molecule is CC(=O)C(C(=O)O)N1CC(C)CC(C)C1. The fourth-order valence-electron chi connectivity index (χ4n) is 2.51. The van der Waals surface area contributed by atoms with Crippen molar-refractivity contribution in [1.82, 2.24) is 4.90 Å². The van der Waals surface area contributed by atoms with Crippen LogP contribution in [0.25, 0.3) is 0 Å². The predicted molar refractivity (Wildman–Crippen MR) is 56.6 cm³/mol. The molecule has 0 saturated carbocycles. The summed E-state index contributed by atoms with van der Waals surface area (Å²) in [5, 5.41) is 9.01. The van der Waals surface area contributed by atoms with Crippen LogP contribution in [-0.4, -0.2) is 40.9 Å². The lowest BCUT2D eigenvalue weighted by Gasteiger charge is -2.37. The Morgan fingerprint density at radius 3 is 2.07 bits per heavy atom. The number of rotatable bonds is 3. The van der Waals surface area contributed by atoms with Crippen molar-refractivity contribution in [3.05, 3.63) is 0 Å². The maximum absolute atomic E-state index is 11.3. The third-order valence-corrected chi connectivity index (χ3v) is 2.88. The Kier molecular flexibility index (Phi) is 3.85. The zero-order chi connectivity index (χ0) is 11.6. The van der Waals surface area contributed by atoms with Gasteiger partial charge in [0.05, 0.1) is 0 Å². The van der Waals surface area contributed by atoms with Gasteiger partial charge in [-0.3, -0.25) is 14.5 Å². The molecule has 1 fully saturated rings. The van der Waals surface area contributed by atoms with E-state index in [9.17, 15) is 9.59 Å². The van der Waals surface area contributed by atoms with Crippen molar-refractivity contribution < 1.29 is 14.7 Å². The van der Waals surface area contributed by atoms with Gasteiger partial charge in [-0.1, -0.05) is 13.8 Å².